The van der Waals surface area contributed by atoms with Crippen molar-refractivity contribution < 1.29 is 13.2 Å². The number of amides is 1. The number of benzene rings is 2. The average molecular weight is 549 g/mol. The maximum absolute atomic E-state index is 13.4. The molecule has 1 amide bonds. The second kappa shape index (κ2) is 11.2. The van der Waals surface area contributed by atoms with Crippen molar-refractivity contribution in [2.24, 2.45) is 5.92 Å². The number of piperidine rings is 1. The van der Waals surface area contributed by atoms with Crippen LogP contribution in [-0.2, 0) is 16.4 Å². The monoisotopic (exact) mass is 548 g/mol. The smallest absolute Gasteiger partial charge is 0.252 e. The van der Waals surface area contributed by atoms with E-state index in [0.717, 1.165) is 24.0 Å². The summed E-state index contributed by atoms with van der Waals surface area (Å²) in [5, 5.41) is 4.14. The highest BCUT2D eigenvalue weighted by Gasteiger charge is 2.29. The molecule has 5 rings (SSSR count). The molecule has 0 saturated carbocycles. The topological polar surface area (TPSA) is 92.3 Å². The molecule has 7 nitrogen and oxygen atoms in total. The van der Waals surface area contributed by atoms with Crippen LogP contribution in [0.2, 0.25) is 5.02 Å². The molecule has 1 fully saturated rings. The molecule has 2 aromatic heterocycles. The van der Waals surface area contributed by atoms with Crippen LogP contribution >= 0.6 is 11.6 Å². The van der Waals surface area contributed by atoms with E-state index in [0.29, 0.717) is 59.2 Å². The van der Waals surface area contributed by atoms with E-state index >= 15 is 0 Å². The maximum atomic E-state index is 13.4. The quantitative estimate of drug-likeness (QED) is 0.336. The molecule has 1 N–H and O–H groups in total. The summed E-state index contributed by atoms with van der Waals surface area (Å²) in [4.78, 5) is 22.5. The van der Waals surface area contributed by atoms with Crippen LogP contribution in [0.4, 0.5) is 0 Å². The van der Waals surface area contributed by atoms with Gasteiger partial charge in [-0.2, -0.15) is 4.31 Å². The van der Waals surface area contributed by atoms with Gasteiger partial charge in [-0.15, -0.1) is 0 Å². The number of pyridine rings is 2. The Morgan fingerprint density at radius 2 is 1.84 bits per heavy atom. The van der Waals surface area contributed by atoms with Crippen LogP contribution in [0.25, 0.3) is 22.2 Å². The molecule has 2 aromatic carbocycles. The molecule has 9 heteroatoms. The molecule has 4 aromatic rings. The molecule has 3 heterocycles. The van der Waals surface area contributed by atoms with Gasteiger partial charge in [0.2, 0.25) is 10.0 Å². The Hall–Kier alpha value is -3.33. The summed E-state index contributed by atoms with van der Waals surface area (Å²) in [5.41, 5.74) is 3.32. The fourth-order valence-corrected chi connectivity index (χ4v) is 6.28. The summed E-state index contributed by atoms with van der Waals surface area (Å²) in [6, 6.07) is 17.7. The molecule has 0 radical (unpaired) electrons. The van der Waals surface area contributed by atoms with Crippen molar-refractivity contribution in [3.63, 3.8) is 0 Å². The van der Waals surface area contributed by atoms with Gasteiger partial charge in [-0.1, -0.05) is 30.7 Å². The van der Waals surface area contributed by atoms with Crippen LogP contribution in [0.1, 0.15) is 35.7 Å². The molecular formula is C29H29ClN4O3S. The van der Waals surface area contributed by atoms with E-state index in [1.165, 1.54) is 4.31 Å². The lowest BCUT2D eigenvalue weighted by Gasteiger charge is -2.29. The van der Waals surface area contributed by atoms with E-state index < -0.39 is 10.0 Å². The summed E-state index contributed by atoms with van der Waals surface area (Å²) < 4.78 is 28.4. The predicted molar refractivity (Wildman–Crippen MR) is 150 cm³/mol. The largest absolute Gasteiger partial charge is 0.352 e. The van der Waals surface area contributed by atoms with Crippen LogP contribution in [-0.4, -0.2) is 48.2 Å². The predicted octanol–water partition coefficient (Wildman–Crippen LogP) is 5.34. The molecule has 0 spiro atoms. The Balaban J connectivity index is 1.49. The van der Waals surface area contributed by atoms with Crippen molar-refractivity contribution in [1.29, 1.82) is 0 Å². The van der Waals surface area contributed by atoms with E-state index in [2.05, 4.69) is 17.2 Å². The first-order valence-corrected chi connectivity index (χ1v) is 14.5. The highest BCUT2D eigenvalue weighted by atomic mass is 35.5. The number of hydrogen-bond acceptors (Lipinski definition) is 5. The molecule has 196 valence electrons. The van der Waals surface area contributed by atoms with Gasteiger partial charge in [-0.25, -0.2) is 13.4 Å². The zero-order chi connectivity index (χ0) is 26.7. The Kier molecular flexibility index (Phi) is 7.74. The summed E-state index contributed by atoms with van der Waals surface area (Å²) in [7, 11) is -3.69. The lowest BCUT2D eigenvalue weighted by Crippen LogP contribution is -2.37. The van der Waals surface area contributed by atoms with Crippen LogP contribution in [0.15, 0.2) is 78.0 Å². The number of nitrogens with one attached hydrogen (secondary N) is 1. The van der Waals surface area contributed by atoms with Gasteiger partial charge in [-0.3, -0.25) is 9.78 Å². The van der Waals surface area contributed by atoms with E-state index in [-0.39, 0.29) is 10.8 Å². The number of sulfonamides is 1. The summed E-state index contributed by atoms with van der Waals surface area (Å²) in [5.74, 6) is 0.217. The Bertz CT molecular complexity index is 1550. The highest BCUT2D eigenvalue weighted by molar-refractivity contribution is 7.89. The Labute approximate surface area is 227 Å². The lowest BCUT2D eigenvalue weighted by atomic mass is 10.0. The minimum atomic E-state index is -3.69. The molecular weight excluding hydrogens is 520 g/mol. The average Bonchev–Trinajstić information content (AvgIpc) is 2.94. The number of fused-ring (bicyclic) bond motifs is 1. The number of halogens is 1. The molecule has 0 atom stereocenters. The summed E-state index contributed by atoms with van der Waals surface area (Å²) in [6.45, 7) is 3.55. The molecule has 0 aliphatic carbocycles. The molecule has 0 bridgehead atoms. The van der Waals surface area contributed by atoms with Gasteiger partial charge in [0.15, 0.2) is 0 Å². The van der Waals surface area contributed by atoms with Gasteiger partial charge < -0.3 is 5.32 Å². The van der Waals surface area contributed by atoms with Gasteiger partial charge in [-0.05, 0) is 79.3 Å². The van der Waals surface area contributed by atoms with Crippen molar-refractivity contribution in [3.8, 4) is 11.3 Å². The van der Waals surface area contributed by atoms with Crippen molar-refractivity contribution in [3.05, 3.63) is 89.2 Å². The van der Waals surface area contributed by atoms with Crippen molar-refractivity contribution in [2.75, 3.05) is 19.6 Å². The Morgan fingerprint density at radius 3 is 2.55 bits per heavy atom. The third-order valence-electron chi connectivity index (χ3n) is 6.97. The minimum Gasteiger partial charge on any atom is -0.352 e. The number of carbonyl (C=O) groups excluding carboxylic acids is 1. The number of nitrogens with zero attached hydrogens (tertiary/aromatic N) is 3. The third-order valence-corrected chi connectivity index (χ3v) is 9.12. The minimum absolute atomic E-state index is 0.172. The van der Waals surface area contributed by atoms with Crippen LogP contribution in [0.3, 0.4) is 0 Å². The van der Waals surface area contributed by atoms with E-state index in [4.69, 9.17) is 16.6 Å². The van der Waals surface area contributed by atoms with Crippen LogP contribution in [0.5, 0.6) is 0 Å². The normalized spacial score (nSPS) is 15.0. The molecule has 0 unspecified atom stereocenters. The van der Waals surface area contributed by atoms with Gasteiger partial charge in [0.05, 0.1) is 21.7 Å². The summed E-state index contributed by atoms with van der Waals surface area (Å²) >= 11 is 5.97. The van der Waals surface area contributed by atoms with Gasteiger partial charge in [0.25, 0.3) is 5.91 Å². The molecule has 38 heavy (non-hydrogen) atoms. The standard InChI is InChI=1S/C29H29ClN4O3S/c1-20-11-15-34(16-12-20)38(36,37)24-8-9-27-25(17-24)26(18-28(33-27)22-3-2-13-31-19-22)29(35)32-14-10-21-4-6-23(30)7-5-21/h2-9,13,17-20H,10-12,14-16H2,1H3,(H,32,35). The molecule has 1 aliphatic rings. The lowest BCUT2D eigenvalue weighted by molar-refractivity contribution is 0.0955. The van der Waals surface area contributed by atoms with Gasteiger partial charge in [0.1, 0.15) is 0 Å². The highest BCUT2D eigenvalue weighted by Crippen LogP contribution is 2.29. The van der Waals surface area contributed by atoms with Gasteiger partial charge in [0, 0.05) is 48.0 Å². The first-order valence-electron chi connectivity index (χ1n) is 12.7. The van der Waals surface area contributed by atoms with Crippen LogP contribution in [0, 0.1) is 5.92 Å². The zero-order valence-corrected chi connectivity index (χ0v) is 22.7. The Morgan fingerprint density at radius 1 is 1.08 bits per heavy atom. The second-order valence-electron chi connectivity index (χ2n) is 9.69. The summed E-state index contributed by atoms with van der Waals surface area (Å²) in [6.07, 6.45) is 5.67. The number of hydrogen-bond donors (Lipinski definition) is 1. The van der Waals surface area contributed by atoms with Crippen molar-refractivity contribution >= 4 is 38.4 Å². The maximum Gasteiger partial charge on any atom is 0.252 e. The zero-order valence-electron chi connectivity index (χ0n) is 21.1. The van der Waals surface area contributed by atoms with E-state index in [9.17, 15) is 13.2 Å². The van der Waals surface area contributed by atoms with E-state index in [1.54, 1.807) is 36.7 Å². The second-order valence-corrected chi connectivity index (χ2v) is 12.1. The van der Waals surface area contributed by atoms with Crippen molar-refractivity contribution in [1.82, 2.24) is 19.6 Å². The SMILES string of the molecule is CC1CCN(S(=O)(=O)c2ccc3nc(-c4cccnc4)cc(C(=O)NCCc4ccc(Cl)cc4)c3c2)CC1. The first kappa shape index (κ1) is 26.3. The van der Waals surface area contributed by atoms with Gasteiger partial charge >= 0.3 is 0 Å². The number of carbonyl (C=O) groups is 1. The molecule has 1 aliphatic heterocycles. The number of rotatable bonds is 7. The molecule has 1 saturated heterocycles. The van der Waals surface area contributed by atoms with Crippen LogP contribution < -0.4 is 5.32 Å². The number of aromatic nitrogens is 2. The third kappa shape index (κ3) is 5.72. The fraction of sp³-hybridized carbons (Fsp3) is 0.276. The van der Waals surface area contributed by atoms with E-state index in [1.807, 2.05) is 36.4 Å². The van der Waals surface area contributed by atoms with Crippen molar-refractivity contribution in [2.45, 2.75) is 31.1 Å². The first-order chi connectivity index (χ1) is 18.3. The fourth-order valence-electron chi connectivity index (χ4n) is 4.66.